The molecule has 0 aliphatic rings. The molecule has 1 amide bonds. The minimum Gasteiger partial charge on any atom is -0.383 e. The van der Waals surface area contributed by atoms with Gasteiger partial charge in [-0.1, -0.05) is 37.8 Å². The van der Waals surface area contributed by atoms with Crippen LogP contribution in [0.5, 0.6) is 0 Å². The van der Waals surface area contributed by atoms with Crippen LogP contribution in [0, 0.1) is 0 Å². The van der Waals surface area contributed by atoms with E-state index in [0.29, 0.717) is 11.4 Å². The Morgan fingerprint density at radius 2 is 1.90 bits per heavy atom. The monoisotopic (exact) mass is 285 g/mol. The Balaban J connectivity index is 0.00000147. The summed E-state index contributed by atoms with van der Waals surface area (Å²) < 4.78 is 0.791. The summed E-state index contributed by atoms with van der Waals surface area (Å²) in [5.74, 6) is -0.0719. The summed E-state index contributed by atoms with van der Waals surface area (Å²) in [5, 5.41) is 0.778. The third-order valence-corrected chi connectivity index (χ3v) is 4.13. The highest BCUT2D eigenvalue weighted by Crippen LogP contribution is 2.37. The normalized spacial score (nSPS) is 10.2. The second-order valence-corrected chi connectivity index (χ2v) is 5.19. The third-order valence-electron chi connectivity index (χ3n) is 2.91. The lowest BCUT2D eigenvalue weighted by Gasteiger charge is -1.99. The lowest BCUT2D eigenvalue weighted by Crippen LogP contribution is -2.11. The maximum atomic E-state index is 11.4. The first-order valence-electron chi connectivity index (χ1n) is 5.70. The largest absolute Gasteiger partial charge is 0.383 e. The molecule has 1 aromatic carbocycles. The van der Waals surface area contributed by atoms with Gasteiger partial charge in [0.25, 0.3) is 5.91 Å². The number of fused-ring (bicyclic) bond motifs is 1. The minimum atomic E-state index is -0.487. The molecule has 0 aliphatic heterocycles. The fourth-order valence-electron chi connectivity index (χ4n) is 1.96. The summed E-state index contributed by atoms with van der Waals surface area (Å²) in [6.45, 7) is 0. The van der Waals surface area contributed by atoms with Crippen molar-refractivity contribution in [3.05, 3.63) is 48.2 Å². The maximum absolute atomic E-state index is 11.4. The number of carbonyl (C=O) groups is 1. The van der Waals surface area contributed by atoms with E-state index in [1.54, 1.807) is 0 Å². The number of hydrogen-bond donors (Lipinski definition) is 2. The van der Waals surface area contributed by atoms with Crippen LogP contribution in [0.15, 0.2) is 42.6 Å². The minimum absolute atomic E-state index is 0. The van der Waals surface area contributed by atoms with E-state index in [1.165, 1.54) is 17.5 Å². The summed E-state index contributed by atoms with van der Waals surface area (Å²) in [4.78, 5) is 16.5. The number of amides is 1. The topological polar surface area (TPSA) is 82.0 Å². The number of aromatic nitrogens is 1. The number of primary amides is 1. The standard InChI is InChI=1S/C14H11N3OS.CH4/c15-13-9-6-11(8-4-2-1-3-5-8)19-12(9)10(7-17-13)14(16)18;/h1-7H,(H2,15,17)(H2,16,18);1H4. The molecule has 2 heterocycles. The van der Waals surface area contributed by atoms with Crippen LogP contribution in [-0.4, -0.2) is 10.9 Å². The van der Waals surface area contributed by atoms with Crippen molar-refractivity contribution in [1.82, 2.24) is 4.98 Å². The lowest BCUT2D eigenvalue weighted by atomic mass is 10.1. The Hall–Kier alpha value is -2.40. The Bertz CT molecular complexity index is 765. The van der Waals surface area contributed by atoms with Crippen molar-refractivity contribution in [2.75, 3.05) is 5.73 Å². The van der Waals surface area contributed by atoms with Crippen molar-refractivity contribution < 1.29 is 4.79 Å². The summed E-state index contributed by atoms with van der Waals surface area (Å²) in [6.07, 6.45) is 1.44. The average molecular weight is 285 g/mol. The number of carbonyl (C=O) groups excluding carboxylic acids is 1. The number of nitrogen functional groups attached to an aromatic ring is 1. The Morgan fingerprint density at radius 3 is 2.55 bits per heavy atom. The van der Waals surface area contributed by atoms with E-state index in [2.05, 4.69) is 4.98 Å². The second-order valence-electron chi connectivity index (χ2n) is 4.14. The second kappa shape index (κ2) is 5.30. The molecule has 102 valence electrons. The molecule has 0 saturated carbocycles. The number of hydrogen-bond acceptors (Lipinski definition) is 4. The number of anilines is 1. The Kier molecular flexibility index (Phi) is 3.72. The molecule has 0 atom stereocenters. The van der Waals surface area contributed by atoms with Crippen LogP contribution >= 0.6 is 11.3 Å². The van der Waals surface area contributed by atoms with Gasteiger partial charge in [0, 0.05) is 16.5 Å². The van der Waals surface area contributed by atoms with Gasteiger partial charge < -0.3 is 11.5 Å². The molecule has 0 bridgehead atoms. The van der Waals surface area contributed by atoms with E-state index in [0.717, 1.165) is 20.5 Å². The van der Waals surface area contributed by atoms with E-state index < -0.39 is 5.91 Å². The average Bonchev–Trinajstić information content (AvgIpc) is 2.85. The molecule has 0 saturated heterocycles. The molecule has 0 unspecified atom stereocenters. The summed E-state index contributed by atoms with van der Waals surface area (Å²) in [6, 6.07) is 11.9. The number of nitrogens with two attached hydrogens (primary N) is 2. The van der Waals surface area contributed by atoms with Crippen molar-refractivity contribution in [3.8, 4) is 10.4 Å². The summed E-state index contributed by atoms with van der Waals surface area (Å²) in [5.41, 5.74) is 12.7. The zero-order valence-electron chi connectivity index (χ0n) is 9.96. The summed E-state index contributed by atoms with van der Waals surface area (Å²) >= 11 is 1.50. The van der Waals surface area contributed by atoms with Gasteiger partial charge in [0.1, 0.15) is 5.82 Å². The highest BCUT2D eigenvalue weighted by molar-refractivity contribution is 7.22. The van der Waals surface area contributed by atoms with E-state index in [-0.39, 0.29) is 7.43 Å². The third kappa shape index (κ3) is 2.23. The van der Waals surface area contributed by atoms with Gasteiger partial charge in [0.2, 0.25) is 0 Å². The first-order valence-corrected chi connectivity index (χ1v) is 6.51. The fourth-order valence-corrected chi connectivity index (χ4v) is 3.15. The van der Waals surface area contributed by atoms with Crippen molar-refractivity contribution in [1.29, 1.82) is 0 Å². The van der Waals surface area contributed by atoms with Crippen molar-refractivity contribution in [2.24, 2.45) is 5.73 Å². The number of benzene rings is 1. The molecule has 2 aromatic heterocycles. The Labute approximate surface area is 121 Å². The lowest BCUT2D eigenvalue weighted by molar-refractivity contribution is 0.100. The van der Waals surface area contributed by atoms with E-state index in [9.17, 15) is 4.79 Å². The molecule has 3 rings (SSSR count). The quantitative estimate of drug-likeness (QED) is 0.758. The highest BCUT2D eigenvalue weighted by Gasteiger charge is 2.14. The number of nitrogens with zero attached hydrogens (tertiary/aromatic N) is 1. The van der Waals surface area contributed by atoms with Gasteiger partial charge >= 0.3 is 0 Å². The number of thiophene rings is 1. The first kappa shape index (κ1) is 14.0. The van der Waals surface area contributed by atoms with Crippen molar-refractivity contribution in [3.63, 3.8) is 0 Å². The van der Waals surface area contributed by atoms with Gasteiger partial charge in [-0.05, 0) is 11.6 Å². The van der Waals surface area contributed by atoms with Crippen LogP contribution in [-0.2, 0) is 0 Å². The van der Waals surface area contributed by atoms with E-state index >= 15 is 0 Å². The molecular formula is C15H15N3OS. The van der Waals surface area contributed by atoms with Gasteiger partial charge in [-0.2, -0.15) is 0 Å². The van der Waals surface area contributed by atoms with Crippen LogP contribution in [0.4, 0.5) is 5.82 Å². The molecule has 0 aliphatic carbocycles. The zero-order chi connectivity index (χ0) is 13.4. The van der Waals surface area contributed by atoms with Gasteiger partial charge in [-0.3, -0.25) is 4.79 Å². The van der Waals surface area contributed by atoms with E-state index in [1.807, 2.05) is 36.4 Å². The molecule has 0 spiro atoms. The van der Waals surface area contributed by atoms with Gasteiger partial charge in [0.15, 0.2) is 0 Å². The molecule has 3 aromatic rings. The molecule has 5 heteroatoms. The van der Waals surface area contributed by atoms with Crippen molar-refractivity contribution in [2.45, 2.75) is 7.43 Å². The van der Waals surface area contributed by atoms with Crippen LogP contribution in [0.2, 0.25) is 0 Å². The molecular weight excluding hydrogens is 270 g/mol. The fraction of sp³-hybridized carbons (Fsp3) is 0.0667. The SMILES string of the molecule is C.NC(=O)c1cnc(N)c2cc(-c3ccccc3)sc12. The smallest absolute Gasteiger partial charge is 0.251 e. The van der Waals surface area contributed by atoms with Crippen LogP contribution in [0.25, 0.3) is 20.5 Å². The molecule has 0 radical (unpaired) electrons. The molecule has 20 heavy (non-hydrogen) atoms. The van der Waals surface area contributed by atoms with Crippen LogP contribution < -0.4 is 11.5 Å². The number of pyridine rings is 1. The molecule has 4 nitrogen and oxygen atoms in total. The molecule has 0 fully saturated rings. The van der Waals surface area contributed by atoms with Crippen LogP contribution in [0.1, 0.15) is 17.8 Å². The Morgan fingerprint density at radius 1 is 1.20 bits per heavy atom. The number of rotatable bonds is 2. The van der Waals surface area contributed by atoms with Gasteiger partial charge in [-0.25, -0.2) is 4.98 Å². The molecule has 4 N–H and O–H groups in total. The van der Waals surface area contributed by atoms with Crippen LogP contribution in [0.3, 0.4) is 0 Å². The zero-order valence-corrected chi connectivity index (χ0v) is 10.8. The van der Waals surface area contributed by atoms with Gasteiger partial charge in [-0.15, -0.1) is 11.3 Å². The maximum Gasteiger partial charge on any atom is 0.251 e. The van der Waals surface area contributed by atoms with Gasteiger partial charge in [0.05, 0.1) is 10.3 Å². The first-order chi connectivity index (χ1) is 9.16. The predicted octanol–water partition coefficient (Wildman–Crippen LogP) is 3.28. The predicted molar refractivity (Wildman–Crippen MR) is 84.7 cm³/mol. The summed E-state index contributed by atoms with van der Waals surface area (Å²) in [7, 11) is 0. The highest BCUT2D eigenvalue weighted by atomic mass is 32.1. The van der Waals surface area contributed by atoms with E-state index in [4.69, 9.17) is 11.5 Å². The van der Waals surface area contributed by atoms with Crippen molar-refractivity contribution >= 4 is 33.1 Å².